The highest BCUT2D eigenvalue weighted by molar-refractivity contribution is 9.10. The highest BCUT2D eigenvalue weighted by Gasteiger charge is 2.18. The van der Waals surface area contributed by atoms with Crippen molar-refractivity contribution in [2.45, 2.75) is 13.0 Å². The van der Waals surface area contributed by atoms with Crippen molar-refractivity contribution >= 4 is 27.5 Å². The fourth-order valence-electron chi connectivity index (χ4n) is 2.02. The molecule has 1 heterocycles. The molecule has 0 unspecified atom stereocenters. The number of hydrogen-bond donors (Lipinski definition) is 1. The molecule has 2 aromatic rings. The van der Waals surface area contributed by atoms with Crippen molar-refractivity contribution in [3.63, 3.8) is 0 Å². The lowest BCUT2D eigenvalue weighted by Gasteiger charge is -2.15. The molecule has 0 spiro atoms. The fourth-order valence-corrected chi connectivity index (χ4v) is 2.39. The van der Waals surface area contributed by atoms with Gasteiger partial charge in [0.15, 0.2) is 17.6 Å². The summed E-state index contributed by atoms with van der Waals surface area (Å²) in [6.07, 6.45) is -0.625. The Kier molecular flexibility index (Phi) is 4.20. The van der Waals surface area contributed by atoms with E-state index in [-0.39, 0.29) is 12.7 Å². The van der Waals surface area contributed by atoms with Crippen molar-refractivity contribution in [1.82, 2.24) is 0 Å². The highest BCUT2D eigenvalue weighted by atomic mass is 79.9. The van der Waals surface area contributed by atoms with Gasteiger partial charge in [0.05, 0.1) is 0 Å². The molecule has 0 aromatic heterocycles. The molecule has 1 aliphatic heterocycles. The summed E-state index contributed by atoms with van der Waals surface area (Å²) in [5.74, 6) is 1.69. The van der Waals surface area contributed by atoms with E-state index >= 15 is 0 Å². The van der Waals surface area contributed by atoms with Gasteiger partial charge in [0.25, 0.3) is 5.91 Å². The molecule has 0 fully saturated rings. The maximum Gasteiger partial charge on any atom is 0.265 e. The van der Waals surface area contributed by atoms with Crippen LogP contribution in [0.5, 0.6) is 17.2 Å². The zero-order chi connectivity index (χ0) is 15.5. The van der Waals surface area contributed by atoms with Crippen molar-refractivity contribution < 1.29 is 19.0 Å². The van der Waals surface area contributed by atoms with Crippen LogP contribution in [0.15, 0.2) is 46.9 Å². The number of halogens is 1. The quantitative estimate of drug-likeness (QED) is 0.901. The molecule has 22 heavy (non-hydrogen) atoms. The summed E-state index contributed by atoms with van der Waals surface area (Å²) in [6.45, 7) is 1.90. The van der Waals surface area contributed by atoms with Crippen LogP contribution in [-0.4, -0.2) is 18.8 Å². The predicted molar refractivity (Wildman–Crippen MR) is 85.4 cm³/mol. The van der Waals surface area contributed by atoms with Gasteiger partial charge in [-0.15, -0.1) is 0 Å². The number of ether oxygens (including phenoxy) is 3. The van der Waals surface area contributed by atoms with Crippen molar-refractivity contribution in [2.24, 2.45) is 0 Å². The van der Waals surface area contributed by atoms with Gasteiger partial charge in [-0.2, -0.15) is 0 Å². The molecule has 3 rings (SSSR count). The number of benzene rings is 2. The summed E-state index contributed by atoms with van der Waals surface area (Å²) in [5.41, 5.74) is 0.638. The Morgan fingerprint density at radius 2 is 2.05 bits per heavy atom. The molecule has 0 radical (unpaired) electrons. The van der Waals surface area contributed by atoms with Gasteiger partial charge >= 0.3 is 0 Å². The molecule has 0 saturated heterocycles. The Morgan fingerprint density at radius 1 is 1.23 bits per heavy atom. The van der Waals surface area contributed by atoms with E-state index in [1.807, 2.05) is 18.2 Å². The van der Waals surface area contributed by atoms with Crippen LogP contribution in [0, 0.1) is 0 Å². The van der Waals surface area contributed by atoms with Gasteiger partial charge < -0.3 is 19.5 Å². The van der Waals surface area contributed by atoms with E-state index in [4.69, 9.17) is 14.2 Å². The lowest BCUT2D eigenvalue weighted by Crippen LogP contribution is -2.30. The summed E-state index contributed by atoms with van der Waals surface area (Å²) in [6, 6.07) is 12.6. The normalized spacial score (nSPS) is 13.5. The first-order valence-electron chi connectivity index (χ1n) is 6.74. The standard InChI is InChI=1S/C16H14BrNO4/c1-10(22-13-4-2-3-11(17)7-13)16(19)18-12-5-6-14-15(8-12)21-9-20-14/h2-8,10H,9H2,1H3,(H,18,19)/t10-/m0/s1. The van der Waals surface area contributed by atoms with E-state index in [0.717, 1.165) is 4.47 Å². The molecule has 6 heteroatoms. The first-order chi connectivity index (χ1) is 10.6. The predicted octanol–water partition coefficient (Wildman–Crippen LogP) is 3.58. The number of carbonyl (C=O) groups is 1. The molecular formula is C16H14BrNO4. The van der Waals surface area contributed by atoms with Crippen molar-refractivity contribution in [3.8, 4) is 17.2 Å². The second-order valence-electron chi connectivity index (χ2n) is 4.77. The summed E-state index contributed by atoms with van der Waals surface area (Å²) in [4.78, 5) is 12.2. The summed E-state index contributed by atoms with van der Waals surface area (Å²) >= 11 is 3.37. The maximum atomic E-state index is 12.2. The van der Waals surface area contributed by atoms with Gasteiger partial charge in [-0.25, -0.2) is 0 Å². The second-order valence-corrected chi connectivity index (χ2v) is 5.69. The SMILES string of the molecule is C[C@H](Oc1cccc(Br)c1)C(=O)Nc1ccc2c(c1)OCO2. The number of rotatable bonds is 4. The molecule has 114 valence electrons. The molecule has 0 bridgehead atoms. The third-order valence-electron chi connectivity index (χ3n) is 3.12. The van der Waals surface area contributed by atoms with Crippen LogP contribution >= 0.6 is 15.9 Å². The minimum absolute atomic E-state index is 0.204. The first-order valence-corrected chi connectivity index (χ1v) is 7.54. The Morgan fingerprint density at radius 3 is 2.86 bits per heavy atom. The van der Waals surface area contributed by atoms with E-state index in [9.17, 15) is 4.79 Å². The van der Waals surface area contributed by atoms with Crippen molar-refractivity contribution in [3.05, 3.63) is 46.9 Å². The van der Waals surface area contributed by atoms with Crippen molar-refractivity contribution in [1.29, 1.82) is 0 Å². The first kappa shape index (κ1) is 14.7. The Balaban J connectivity index is 1.64. The Bertz CT molecular complexity index is 704. The fraction of sp³-hybridized carbons (Fsp3) is 0.188. The number of anilines is 1. The van der Waals surface area contributed by atoms with Crippen LogP contribution in [0.1, 0.15) is 6.92 Å². The zero-order valence-corrected chi connectivity index (χ0v) is 13.4. The van der Waals surface area contributed by atoms with Crippen LogP contribution in [0.3, 0.4) is 0 Å². The molecule has 0 aliphatic carbocycles. The van der Waals surface area contributed by atoms with E-state index in [1.54, 1.807) is 31.2 Å². The summed E-state index contributed by atoms with van der Waals surface area (Å²) in [7, 11) is 0. The van der Waals surface area contributed by atoms with E-state index in [2.05, 4.69) is 21.2 Å². The van der Waals surface area contributed by atoms with E-state index in [0.29, 0.717) is 22.9 Å². The number of amides is 1. The van der Waals surface area contributed by atoms with Crippen LogP contribution in [0.4, 0.5) is 5.69 Å². The zero-order valence-electron chi connectivity index (χ0n) is 11.8. The maximum absolute atomic E-state index is 12.2. The van der Waals surface area contributed by atoms with Crippen LogP contribution in [0.2, 0.25) is 0 Å². The number of fused-ring (bicyclic) bond motifs is 1. The lowest BCUT2D eigenvalue weighted by molar-refractivity contribution is -0.122. The molecule has 0 saturated carbocycles. The monoisotopic (exact) mass is 363 g/mol. The molecular weight excluding hydrogens is 350 g/mol. The van der Waals surface area contributed by atoms with E-state index in [1.165, 1.54) is 0 Å². The van der Waals surface area contributed by atoms with Gasteiger partial charge in [0.2, 0.25) is 6.79 Å². The second kappa shape index (κ2) is 6.27. The van der Waals surface area contributed by atoms with Gasteiger partial charge in [-0.1, -0.05) is 22.0 Å². The van der Waals surface area contributed by atoms with Gasteiger partial charge in [-0.3, -0.25) is 4.79 Å². The van der Waals surface area contributed by atoms with Gasteiger partial charge in [0.1, 0.15) is 5.75 Å². The average Bonchev–Trinajstić information content (AvgIpc) is 2.94. The van der Waals surface area contributed by atoms with Crippen molar-refractivity contribution in [2.75, 3.05) is 12.1 Å². The summed E-state index contributed by atoms with van der Waals surface area (Å²) < 4.78 is 17.0. The smallest absolute Gasteiger partial charge is 0.265 e. The Labute approximate surface area is 136 Å². The highest BCUT2D eigenvalue weighted by Crippen LogP contribution is 2.34. The van der Waals surface area contributed by atoms with Gasteiger partial charge in [0, 0.05) is 16.2 Å². The molecule has 1 atom stereocenters. The summed E-state index contributed by atoms with van der Waals surface area (Å²) in [5, 5.41) is 2.80. The van der Waals surface area contributed by atoms with Gasteiger partial charge in [-0.05, 0) is 37.3 Å². The topological polar surface area (TPSA) is 56.8 Å². The molecule has 5 nitrogen and oxygen atoms in total. The number of hydrogen-bond acceptors (Lipinski definition) is 4. The van der Waals surface area contributed by atoms with Crippen LogP contribution in [-0.2, 0) is 4.79 Å². The number of nitrogens with one attached hydrogen (secondary N) is 1. The average molecular weight is 364 g/mol. The minimum Gasteiger partial charge on any atom is -0.481 e. The molecule has 2 aromatic carbocycles. The van der Waals surface area contributed by atoms with Crippen LogP contribution < -0.4 is 19.5 Å². The largest absolute Gasteiger partial charge is 0.481 e. The minimum atomic E-state index is -0.625. The molecule has 1 N–H and O–H groups in total. The third-order valence-corrected chi connectivity index (χ3v) is 3.61. The number of carbonyl (C=O) groups excluding carboxylic acids is 1. The van der Waals surface area contributed by atoms with E-state index < -0.39 is 6.10 Å². The lowest BCUT2D eigenvalue weighted by atomic mass is 10.2. The third kappa shape index (κ3) is 3.33. The molecule has 1 amide bonds. The van der Waals surface area contributed by atoms with Crippen LogP contribution in [0.25, 0.3) is 0 Å². The Hall–Kier alpha value is -2.21. The molecule has 1 aliphatic rings.